The van der Waals surface area contributed by atoms with Gasteiger partial charge in [-0.3, -0.25) is 13.8 Å². The molecule has 28 heavy (non-hydrogen) atoms. The van der Waals surface area contributed by atoms with Gasteiger partial charge < -0.3 is 16.2 Å². The maximum absolute atomic E-state index is 12.3. The Balaban J connectivity index is 1.67. The molecule has 0 radical (unpaired) electrons. The van der Waals surface area contributed by atoms with Crippen molar-refractivity contribution < 1.29 is 23.7 Å². The number of fused-ring (bicyclic) bond motifs is 1. The molecule has 0 spiro atoms. The van der Waals surface area contributed by atoms with Crippen molar-refractivity contribution in [2.24, 2.45) is 5.73 Å². The molecule has 9 heteroatoms. The Morgan fingerprint density at radius 1 is 1.21 bits per heavy atom. The zero-order chi connectivity index (χ0) is 20.3. The standard InChI is InChI=1S/C19H20N2O5S2/c20-17(23)16-13-6-1-2-7-14(13)27-18(16)21-15(22)10-28(26)9-11-4-3-5-12(8-11)19(24)25/h3-5,8H,1-2,6-7,9-10H2,(H2,20,23)(H,21,22)(H,24,25). The first-order valence-corrected chi connectivity index (χ1v) is 11.1. The highest BCUT2D eigenvalue weighted by Gasteiger charge is 2.25. The summed E-state index contributed by atoms with van der Waals surface area (Å²) in [5, 5.41) is 12.1. The van der Waals surface area contributed by atoms with Crippen molar-refractivity contribution in [2.75, 3.05) is 11.1 Å². The molecule has 2 aromatic rings. The third-order valence-electron chi connectivity index (χ3n) is 4.46. The summed E-state index contributed by atoms with van der Waals surface area (Å²) in [4.78, 5) is 36.3. The highest BCUT2D eigenvalue weighted by atomic mass is 32.2. The molecule has 0 saturated carbocycles. The van der Waals surface area contributed by atoms with Crippen molar-refractivity contribution in [3.63, 3.8) is 0 Å². The fraction of sp³-hybridized carbons (Fsp3) is 0.316. The van der Waals surface area contributed by atoms with Gasteiger partial charge in [0.15, 0.2) is 0 Å². The van der Waals surface area contributed by atoms with E-state index in [1.807, 2.05) is 0 Å². The van der Waals surface area contributed by atoms with Crippen LogP contribution in [0.5, 0.6) is 0 Å². The molecule has 0 fully saturated rings. The van der Waals surface area contributed by atoms with Crippen LogP contribution in [0.3, 0.4) is 0 Å². The summed E-state index contributed by atoms with van der Waals surface area (Å²) in [7, 11) is -1.52. The van der Waals surface area contributed by atoms with Gasteiger partial charge in [-0.2, -0.15) is 0 Å². The molecular formula is C19H20N2O5S2. The average molecular weight is 421 g/mol. The average Bonchev–Trinajstić information content (AvgIpc) is 2.99. The van der Waals surface area contributed by atoms with Crippen LogP contribution in [0, 0.1) is 0 Å². The Hall–Kier alpha value is -2.52. The van der Waals surface area contributed by atoms with Crippen LogP contribution in [0.25, 0.3) is 0 Å². The van der Waals surface area contributed by atoms with Gasteiger partial charge in [-0.1, -0.05) is 12.1 Å². The molecule has 0 saturated heterocycles. The van der Waals surface area contributed by atoms with E-state index in [1.54, 1.807) is 12.1 Å². The first-order valence-electron chi connectivity index (χ1n) is 8.76. The molecule has 0 aliphatic heterocycles. The van der Waals surface area contributed by atoms with E-state index in [-0.39, 0.29) is 17.1 Å². The highest BCUT2D eigenvalue weighted by Crippen LogP contribution is 2.37. The van der Waals surface area contributed by atoms with E-state index in [0.29, 0.717) is 16.1 Å². The summed E-state index contributed by atoms with van der Waals surface area (Å²) < 4.78 is 12.3. The maximum Gasteiger partial charge on any atom is 0.335 e. The number of hydrogen-bond donors (Lipinski definition) is 3. The molecular weight excluding hydrogens is 400 g/mol. The van der Waals surface area contributed by atoms with E-state index in [0.717, 1.165) is 36.1 Å². The number of hydrogen-bond acceptors (Lipinski definition) is 5. The Morgan fingerprint density at radius 3 is 2.68 bits per heavy atom. The minimum atomic E-state index is -1.52. The van der Waals surface area contributed by atoms with Crippen molar-refractivity contribution in [2.45, 2.75) is 31.4 Å². The maximum atomic E-state index is 12.3. The number of thiophene rings is 1. The second-order valence-electron chi connectivity index (χ2n) is 6.56. The number of primary amides is 1. The number of rotatable bonds is 7. The monoisotopic (exact) mass is 420 g/mol. The smallest absolute Gasteiger partial charge is 0.335 e. The summed E-state index contributed by atoms with van der Waals surface area (Å²) in [6.45, 7) is 0. The number of amides is 2. The van der Waals surface area contributed by atoms with Gasteiger partial charge in [0, 0.05) is 21.4 Å². The van der Waals surface area contributed by atoms with Crippen molar-refractivity contribution in [1.29, 1.82) is 0 Å². The van der Waals surface area contributed by atoms with Gasteiger partial charge in [0.25, 0.3) is 5.91 Å². The lowest BCUT2D eigenvalue weighted by molar-refractivity contribution is -0.113. The van der Waals surface area contributed by atoms with E-state index < -0.39 is 28.6 Å². The van der Waals surface area contributed by atoms with Crippen LogP contribution in [0.1, 0.15) is 49.6 Å². The molecule has 1 aromatic carbocycles. The SMILES string of the molecule is NC(=O)c1c(NC(=O)CS(=O)Cc2cccc(C(=O)O)c2)sc2c1CCCC2. The summed E-state index contributed by atoms with van der Waals surface area (Å²) in [6.07, 6.45) is 3.66. The lowest BCUT2D eigenvalue weighted by Crippen LogP contribution is -2.22. The van der Waals surface area contributed by atoms with E-state index in [4.69, 9.17) is 10.8 Å². The molecule has 4 N–H and O–H groups in total. The summed E-state index contributed by atoms with van der Waals surface area (Å²) in [5.41, 5.74) is 7.48. The molecule has 1 aromatic heterocycles. The third kappa shape index (κ3) is 4.66. The molecule has 1 aliphatic rings. The first-order chi connectivity index (χ1) is 13.3. The van der Waals surface area contributed by atoms with Gasteiger partial charge in [0.05, 0.1) is 11.1 Å². The van der Waals surface area contributed by atoms with Gasteiger partial charge in [-0.15, -0.1) is 11.3 Å². The van der Waals surface area contributed by atoms with E-state index in [9.17, 15) is 18.6 Å². The van der Waals surface area contributed by atoms with Crippen LogP contribution in [-0.4, -0.2) is 32.9 Å². The largest absolute Gasteiger partial charge is 0.478 e. The summed E-state index contributed by atoms with van der Waals surface area (Å²) in [5.74, 6) is -2.28. The predicted octanol–water partition coefficient (Wildman–Crippen LogP) is 2.31. The molecule has 2 amide bonds. The number of carboxylic acid groups (broad SMARTS) is 1. The Kier molecular flexibility index (Phi) is 6.25. The Labute approximate surface area is 168 Å². The Bertz CT molecular complexity index is 967. The minimum absolute atomic E-state index is 0.0676. The minimum Gasteiger partial charge on any atom is -0.478 e. The molecule has 0 bridgehead atoms. The first kappa shape index (κ1) is 20.2. The van der Waals surface area contributed by atoms with Gasteiger partial charge in [0.1, 0.15) is 10.8 Å². The number of carbonyl (C=O) groups is 3. The number of aryl methyl sites for hydroxylation is 1. The van der Waals surface area contributed by atoms with Crippen LogP contribution >= 0.6 is 11.3 Å². The van der Waals surface area contributed by atoms with Gasteiger partial charge in [-0.05, 0) is 48.9 Å². The lowest BCUT2D eigenvalue weighted by atomic mass is 9.95. The topological polar surface area (TPSA) is 127 Å². The number of benzene rings is 1. The van der Waals surface area contributed by atoms with Crippen molar-refractivity contribution in [1.82, 2.24) is 0 Å². The second-order valence-corrected chi connectivity index (χ2v) is 9.12. The Morgan fingerprint density at radius 2 is 1.96 bits per heavy atom. The molecule has 1 aliphatic carbocycles. The van der Waals surface area contributed by atoms with Gasteiger partial charge in [-0.25, -0.2) is 4.79 Å². The van der Waals surface area contributed by atoms with E-state index >= 15 is 0 Å². The molecule has 3 rings (SSSR count). The molecule has 1 unspecified atom stereocenters. The zero-order valence-corrected chi connectivity index (χ0v) is 16.7. The summed E-state index contributed by atoms with van der Waals surface area (Å²) >= 11 is 1.36. The van der Waals surface area contributed by atoms with Crippen molar-refractivity contribution in [3.8, 4) is 0 Å². The zero-order valence-electron chi connectivity index (χ0n) is 15.0. The molecule has 7 nitrogen and oxygen atoms in total. The van der Waals surface area contributed by atoms with Gasteiger partial charge in [0.2, 0.25) is 5.91 Å². The lowest BCUT2D eigenvalue weighted by Gasteiger charge is -2.11. The molecule has 1 atom stereocenters. The van der Waals surface area contributed by atoms with Gasteiger partial charge >= 0.3 is 5.97 Å². The van der Waals surface area contributed by atoms with Crippen molar-refractivity contribution in [3.05, 3.63) is 51.4 Å². The van der Waals surface area contributed by atoms with E-state index in [1.165, 1.54) is 23.5 Å². The fourth-order valence-electron chi connectivity index (χ4n) is 3.25. The number of anilines is 1. The summed E-state index contributed by atoms with van der Waals surface area (Å²) in [6, 6.07) is 6.13. The normalized spacial score (nSPS) is 14.1. The third-order valence-corrected chi connectivity index (χ3v) is 6.91. The number of nitrogens with two attached hydrogens (primary N) is 1. The van der Waals surface area contributed by atoms with Crippen molar-refractivity contribution >= 4 is 44.9 Å². The van der Waals surface area contributed by atoms with Crippen LogP contribution in [0.2, 0.25) is 0 Å². The van der Waals surface area contributed by atoms with Crippen LogP contribution in [0.15, 0.2) is 24.3 Å². The molecule has 148 valence electrons. The van der Waals surface area contributed by atoms with Crippen LogP contribution in [-0.2, 0) is 34.2 Å². The van der Waals surface area contributed by atoms with Crippen LogP contribution in [0.4, 0.5) is 5.00 Å². The second kappa shape index (κ2) is 8.66. The highest BCUT2D eigenvalue weighted by molar-refractivity contribution is 7.85. The predicted molar refractivity (Wildman–Crippen MR) is 108 cm³/mol. The van der Waals surface area contributed by atoms with Crippen LogP contribution < -0.4 is 11.1 Å². The molecule has 1 heterocycles. The van der Waals surface area contributed by atoms with E-state index in [2.05, 4.69) is 5.32 Å². The number of carboxylic acids is 1. The number of aromatic carboxylic acids is 1. The quantitative estimate of drug-likeness (QED) is 0.633. The number of nitrogens with one attached hydrogen (secondary N) is 1. The fourth-order valence-corrected chi connectivity index (χ4v) is 5.58. The number of carbonyl (C=O) groups excluding carboxylic acids is 2.